The van der Waals surface area contributed by atoms with E-state index in [2.05, 4.69) is 15.5 Å². The Labute approximate surface area is 174 Å². The van der Waals surface area contributed by atoms with Crippen molar-refractivity contribution >= 4 is 52.5 Å². The van der Waals surface area contributed by atoms with E-state index in [1.165, 1.54) is 17.1 Å². The second-order valence-corrected chi connectivity index (χ2v) is 7.11. The highest BCUT2D eigenvalue weighted by Gasteiger charge is 2.13. The molecule has 0 unspecified atom stereocenters. The predicted molar refractivity (Wildman–Crippen MR) is 105 cm³/mol. The summed E-state index contributed by atoms with van der Waals surface area (Å²) in [6.07, 6.45) is 4.23. The van der Waals surface area contributed by atoms with Crippen LogP contribution in [0.1, 0.15) is 22.3 Å². The number of aromatic nitrogens is 4. The smallest absolute Gasteiger partial charge is 0.338 e. The van der Waals surface area contributed by atoms with Crippen molar-refractivity contribution in [3.8, 4) is 0 Å². The normalized spacial score (nSPS) is 10.8. The molecule has 146 valence electrons. The van der Waals surface area contributed by atoms with Gasteiger partial charge < -0.3 is 10.4 Å². The Morgan fingerprint density at radius 1 is 1.11 bits per heavy atom. The number of carbonyl (C=O) groups excluding carboxylic acids is 1. The number of hydrogen-bond acceptors (Lipinski definition) is 4. The van der Waals surface area contributed by atoms with Crippen molar-refractivity contribution in [2.75, 3.05) is 5.32 Å². The van der Waals surface area contributed by atoms with Crippen LogP contribution in [0.5, 0.6) is 0 Å². The quantitative estimate of drug-likeness (QED) is 0.579. The molecule has 0 aliphatic heterocycles. The number of carboxylic acid groups (broad SMARTS) is 1. The zero-order chi connectivity index (χ0) is 20.3. The summed E-state index contributed by atoms with van der Waals surface area (Å²) in [5.41, 5.74) is 0.860. The number of hydrogen-bond donors (Lipinski definition) is 2. The van der Waals surface area contributed by atoms with Gasteiger partial charge in [-0.3, -0.25) is 14.2 Å². The Morgan fingerprint density at radius 3 is 2.57 bits per heavy atom. The number of halogens is 3. The molecule has 0 saturated carbocycles. The second kappa shape index (κ2) is 8.64. The van der Waals surface area contributed by atoms with Gasteiger partial charge in [-0.25, -0.2) is 4.79 Å². The summed E-state index contributed by atoms with van der Waals surface area (Å²) in [5, 5.41) is 21.0. The van der Waals surface area contributed by atoms with Crippen molar-refractivity contribution in [3.05, 3.63) is 63.0 Å². The lowest BCUT2D eigenvalue weighted by Crippen LogP contribution is -2.15. The molecule has 1 aromatic carbocycles. The van der Waals surface area contributed by atoms with E-state index in [-0.39, 0.29) is 35.3 Å². The molecule has 0 aliphatic carbocycles. The third-order valence-electron chi connectivity index (χ3n) is 3.77. The highest BCUT2D eigenvalue weighted by Crippen LogP contribution is 2.24. The monoisotopic (exact) mass is 441 g/mol. The Kier molecular flexibility index (Phi) is 6.23. The average Bonchev–Trinajstić information content (AvgIpc) is 3.23. The zero-order valence-corrected chi connectivity index (χ0v) is 16.5. The molecule has 11 heteroatoms. The van der Waals surface area contributed by atoms with Crippen LogP contribution < -0.4 is 5.32 Å². The van der Waals surface area contributed by atoms with Crippen molar-refractivity contribution in [2.45, 2.75) is 19.5 Å². The molecular weight excluding hydrogens is 429 g/mol. The van der Waals surface area contributed by atoms with E-state index in [9.17, 15) is 9.59 Å². The van der Waals surface area contributed by atoms with Gasteiger partial charge in [-0.2, -0.15) is 10.2 Å². The van der Waals surface area contributed by atoms with Gasteiger partial charge in [-0.1, -0.05) is 40.9 Å². The van der Waals surface area contributed by atoms with Gasteiger partial charge in [-0.15, -0.1) is 0 Å². The van der Waals surface area contributed by atoms with Gasteiger partial charge in [0, 0.05) is 35.4 Å². The third kappa shape index (κ3) is 5.03. The van der Waals surface area contributed by atoms with Gasteiger partial charge >= 0.3 is 5.97 Å². The van der Waals surface area contributed by atoms with Crippen molar-refractivity contribution in [2.24, 2.45) is 0 Å². The summed E-state index contributed by atoms with van der Waals surface area (Å²) in [7, 11) is 0. The summed E-state index contributed by atoms with van der Waals surface area (Å²) in [6, 6.07) is 5.15. The van der Waals surface area contributed by atoms with Crippen molar-refractivity contribution < 1.29 is 14.7 Å². The van der Waals surface area contributed by atoms with E-state index in [1.54, 1.807) is 29.1 Å². The van der Waals surface area contributed by atoms with Gasteiger partial charge in [0.25, 0.3) is 0 Å². The lowest BCUT2D eigenvalue weighted by Gasteiger charge is -2.05. The summed E-state index contributed by atoms with van der Waals surface area (Å²) in [5.74, 6) is -1.18. The summed E-state index contributed by atoms with van der Waals surface area (Å²) < 4.78 is 2.94. The molecular formula is C17H14Cl3N5O3. The number of aromatic carboxylic acids is 1. The molecule has 3 rings (SSSR count). The largest absolute Gasteiger partial charge is 0.478 e. The number of carboxylic acids is 1. The zero-order valence-electron chi connectivity index (χ0n) is 14.3. The molecule has 0 bridgehead atoms. The molecule has 8 nitrogen and oxygen atoms in total. The lowest BCUT2D eigenvalue weighted by atomic mass is 10.2. The maximum Gasteiger partial charge on any atom is 0.338 e. The molecule has 28 heavy (non-hydrogen) atoms. The molecule has 2 aromatic heterocycles. The number of nitrogens with zero attached hydrogens (tertiary/aromatic N) is 4. The first-order chi connectivity index (χ1) is 13.3. The Bertz CT molecular complexity index is 1030. The first kappa shape index (κ1) is 20.2. The number of aryl methyl sites for hydroxylation is 1. The van der Waals surface area contributed by atoms with Gasteiger partial charge in [0.1, 0.15) is 5.02 Å². The molecule has 2 heterocycles. The number of rotatable bonds is 7. The topological polar surface area (TPSA) is 102 Å². The molecule has 0 fully saturated rings. The lowest BCUT2D eigenvalue weighted by molar-refractivity contribution is -0.116. The maximum absolute atomic E-state index is 12.1. The average molecular weight is 443 g/mol. The fraction of sp³-hybridized carbons (Fsp3) is 0.176. The highest BCUT2D eigenvalue weighted by atomic mass is 35.5. The van der Waals surface area contributed by atoms with Gasteiger partial charge in [0.2, 0.25) is 5.91 Å². The van der Waals surface area contributed by atoms with E-state index >= 15 is 0 Å². The molecule has 3 aromatic rings. The summed E-state index contributed by atoms with van der Waals surface area (Å²) >= 11 is 18.2. The van der Waals surface area contributed by atoms with Crippen LogP contribution in [0.15, 0.2) is 36.8 Å². The SMILES string of the molecule is O=C(CCn1cc(C(=O)O)cn1)Nc1nn(Cc2ccc(Cl)cc2Cl)cc1Cl. The van der Waals surface area contributed by atoms with Crippen LogP contribution in [0.3, 0.4) is 0 Å². The van der Waals surface area contributed by atoms with E-state index in [0.717, 1.165) is 5.56 Å². The van der Waals surface area contributed by atoms with Gasteiger partial charge in [0.05, 0.1) is 18.3 Å². The van der Waals surface area contributed by atoms with Crippen LogP contribution in [0.4, 0.5) is 5.82 Å². The first-order valence-corrected chi connectivity index (χ1v) is 9.17. The Morgan fingerprint density at radius 2 is 1.89 bits per heavy atom. The molecule has 2 N–H and O–H groups in total. The number of nitrogens with one attached hydrogen (secondary N) is 1. The van der Waals surface area contributed by atoms with Gasteiger partial charge in [0.15, 0.2) is 5.82 Å². The number of amides is 1. The Balaban J connectivity index is 1.59. The van der Waals surface area contributed by atoms with Crippen LogP contribution in [0.25, 0.3) is 0 Å². The van der Waals surface area contributed by atoms with Crippen LogP contribution in [-0.2, 0) is 17.9 Å². The minimum atomic E-state index is -1.08. The van der Waals surface area contributed by atoms with Crippen LogP contribution >= 0.6 is 34.8 Å². The third-order valence-corrected chi connectivity index (χ3v) is 4.63. The molecule has 0 radical (unpaired) electrons. The van der Waals surface area contributed by atoms with Crippen LogP contribution in [-0.4, -0.2) is 36.5 Å². The predicted octanol–water partition coefficient (Wildman–Crippen LogP) is 3.82. The van der Waals surface area contributed by atoms with E-state index in [0.29, 0.717) is 16.6 Å². The van der Waals surface area contributed by atoms with E-state index in [4.69, 9.17) is 39.9 Å². The highest BCUT2D eigenvalue weighted by molar-refractivity contribution is 6.35. The molecule has 0 spiro atoms. The molecule has 0 saturated heterocycles. The first-order valence-electron chi connectivity index (χ1n) is 8.04. The van der Waals surface area contributed by atoms with E-state index < -0.39 is 5.97 Å². The minimum Gasteiger partial charge on any atom is -0.478 e. The standard InChI is InChI=1S/C17H14Cl3N5O3/c18-12-2-1-10(13(19)5-12)7-25-9-14(20)16(23-25)22-15(26)3-4-24-8-11(6-21-24)17(27)28/h1-2,5-6,8-9H,3-4,7H2,(H,27,28)(H,22,23,26). The fourth-order valence-corrected chi connectivity index (χ4v) is 3.06. The van der Waals surface area contributed by atoms with Crippen molar-refractivity contribution in [1.29, 1.82) is 0 Å². The van der Waals surface area contributed by atoms with Gasteiger partial charge in [-0.05, 0) is 17.7 Å². The second-order valence-electron chi connectivity index (χ2n) is 5.85. The maximum atomic E-state index is 12.1. The van der Waals surface area contributed by atoms with Crippen LogP contribution in [0.2, 0.25) is 15.1 Å². The number of benzene rings is 1. The van der Waals surface area contributed by atoms with E-state index in [1.807, 2.05) is 0 Å². The Hall–Kier alpha value is -2.55. The van der Waals surface area contributed by atoms with Crippen LogP contribution in [0, 0.1) is 0 Å². The summed E-state index contributed by atoms with van der Waals surface area (Å²) in [4.78, 5) is 23.0. The number of anilines is 1. The summed E-state index contributed by atoms with van der Waals surface area (Å²) in [6.45, 7) is 0.578. The fourth-order valence-electron chi connectivity index (χ4n) is 2.39. The number of carbonyl (C=O) groups is 2. The molecule has 0 atom stereocenters. The molecule has 1 amide bonds. The van der Waals surface area contributed by atoms with Crippen molar-refractivity contribution in [1.82, 2.24) is 19.6 Å². The minimum absolute atomic E-state index is 0.0584. The van der Waals surface area contributed by atoms with Crippen molar-refractivity contribution in [3.63, 3.8) is 0 Å². The molecule has 0 aliphatic rings.